The van der Waals surface area contributed by atoms with E-state index in [1.54, 1.807) is 0 Å². The number of unbranched alkanes of at least 4 members (excludes halogenated alkanes) is 1. The topological polar surface area (TPSA) is 62.2 Å². The third-order valence-electron chi connectivity index (χ3n) is 6.98. The van der Waals surface area contributed by atoms with Crippen LogP contribution in [0.2, 0.25) is 0 Å². The Kier molecular flexibility index (Phi) is 7.96. The van der Waals surface area contributed by atoms with E-state index in [1.807, 2.05) is 48.8 Å². The number of rotatable bonds is 10. The highest BCUT2D eigenvalue weighted by molar-refractivity contribution is 5.96. The molecule has 0 radical (unpaired) electrons. The Labute approximate surface area is 219 Å². The summed E-state index contributed by atoms with van der Waals surface area (Å²) < 4.78 is 2.25. The molecule has 1 aliphatic heterocycles. The highest BCUT2D eigenvalue weighted by Crippen LogP contribution is 2.24. The van der Waals surface area contributed by atoms with E-state index in [9.17, 15) is 4.79 Å². The van der Waals surface area contributed by atoms with Crippen LogP contribution in [-0.2, 0) is 11.3 Å². The number of hydrogen-bond acceptors (Lipinski definition) is 4. The Bertz CT molecular complexity index is 1360. The first-order valence-electron chi connectivity index (χ1n) is 13.2. The van der Waals surface area contributed by atoms with Gasteiger partial charge in [-0.15, -0.1) is 0 Å². The number of carbonyl (C=O) groups excluding carboxylic acids is 1. The largest absolute Gasteiger partial charge is 0.376 e. The van der Waals surface area contributed by atoms with Gasteiger partial charge in [-0.3, -0.25) is 9.69 Å². The zero-order valence-electron chi connectivity index (χ0n) is 21.5. The molecule has 0 fully saturated rings. The maximum atomic E-state index is 12.4. The second-order valence-electron chi connectivity index (χ2n) is 9.72. The number of imidazole rings is 1. The van der Waals surface area contributed by atoms with Gasteiger partial charge in [0.05, 0.1) is 23.9 Å². The van der Waals surface area contributed by atoms with E-state index in [0.717, 1.165) is 73.4 Å². The minimum atomic E-state index is -0.0783. The molecule has 2 heterocycles. The zero-order chi connectivity index (χ0) is 25.5. The number of nitrogens with one attached hydrogen (secondary N) is 2. The second kappa shape index (κ2) is 11.9. The summed E-state index contributed by atoms with van der Waals surface area (Å²) in [6, 6.07) is 24.5. The highest BCUT2D eigenvalue weighted by Gasteiger charge is 2.13. The van der Waals surface area contributed by atoms with Gasteiger partial charge in [0, 0.05) is 31.0 Å². The van der Waals surface area contributed by atoms with Gasteiger partial charge < -0.3 is 15.2 Å². The standard InChI is InChI=1S/C31H35N5O/c1-24-20-28(34-30(37)22-32-27-12-6-3-7-13-27)21-29-31(24)36(23-33-29)17-9-8-16-35-18-14-26(15-19-35)25-10-4-2-5-11-25/h2-7,10-14,20-21,23,32H,8-9,15-19,22H2,1H3,(H,34,37). The maximum absolute atomic E-state index is 12.4. The molecule has 1 aromatic heterocycles. The minimum absolute atomic E-state index is 0.0783. The first-order chi connectivity index (χ1) is 18.2. The summed E-state index contributed by atoms with van der Waals surface area (Å²) >= 11 is 0. The highest BCUT2D eigenvalue weighted by atomic mass is 16.1. The number of aryl methyl sites for hydroxylation is 2. The molecule has 6 nitrogen and oxygen atoms in total. The molecule has 6 heteroatoms. The third-order valence-corrected chi connectivity index (χ3v) is 6.98. The molecule has 190 valence electrons. The van der Waals surface area contributed by atoms with Crippen LogP contribution in [0.4, 0.5) is 11.4 Å². The third kappa shape index (κ3) is 6.46. The molecule has 0 aliphatic carbocycles. The van der Waals surface area contributed by atoms with Crippen molar-refractivity contribution in [3.05, 3.63) is 96.3 Å². The van der Waals surface area contributed by atoms with Crippen molar-refractivity contribution < 1.29 is 4.79 Å². The van der Waals surface area contributed by atoms with Gasteiger partial charge in [-0.05, 0) is 73.7 Å². The fourth-order valence-electron chi connectivity index (χ4n) is 5.05. The molecule has 1 amide bonds. The van der Waals surface area contributed by atoms with E-state index in [0.29, 0.717) is 0 Å². The molecule has 0 atom stereocenters. The number of amides is 1. The van der Waals surface area contributed by atoms with Crippen molar-refractivity contribution in [2.75, 3.05) is 36.8 Å². The minimum Gasteiger partial charge on any atom is -0.376 e. The van der Waals surface area contributed by atoms with Crippen molar-refractivity contribution in [3.63, 3.8) is 0 Å². The van der Waals surface area contributed by atoms with Crippen molar-refractivity contribution in [2.45, 2.75) is 32.7 Å². The fourth-order valence-corrected chi connectivity index (χ4v) is 5.05. The van der Waals surface area contributed by atoms with E-state index in [2.05, 4.69) is 68.4 Å². The quantitative estimate of drug-likeness (QED) is 0.267. The molecule has 4 aromatic rings. The first-order valence-corrected chi connectivity index (χ1v) is 13.2. The number of para-hydroxylation sites is 1. The summed E-state index contributed by atoms with van der Waals surface area (Å²) in [5.74, 6) is -0.0783. The summed E-state index contributed by atoms with van der Waals surface area (Å²) in [6.45, 7) is 6.54. The van der Waals surface area contributed by atoms with E-state index >= 15 is 0 Å². The number of benzene rings is 3. The summed E-state index contributed by atoms with van der Waals surface area (Å²) in [5, 5.41) is 6.14. The Morgan fingerprint density at radius 2 is 1.70 bits per heavy atom. The van der Waals surface area contributed by atoms with Gasteiger partial charge in [-0.25, -0.2) is 4.98 Å². The van der Waals surface area contributed by atoms with Crippen molar-refractivity contribution in [1.82, 2.24) is 14.5 Å². The van der Waals surface area contributed by atoms with E-state index < -0.39 is 0 Å². The first kappa shape index (κ1) is 24.8. The van der Waals surface area contributed by atoms with Crippen LogP contribution in [0.1, 0.15) is 30.4 Å². The van der Waals surface area contributed by atoms with Crippen LogP contribution >= 0.6 is 0 Å². The Hall–Kier alpha value is -3.90. The van der Waals surface area contributed by atoms with Crippen LogP contribution in [-0.4, -0.2) is 46.5 Å². The summed E-state index contributed by atoms with van der Waals surface area (Å²) in [6.07, 6.45) is 7.71. The lowest BCUT2D eigenvalue weighted by atomic mass is 9.99. The Balaban J connectivity index is 1.10. The van der Waals surface area contributed by atoms with Crippen LogP contribution in [0.15, 0.2) is 85.2 Å². The number of hydrogen-bond donors (Lipinski definition) is 2. The summed E-state index contributed by atoms with van der Waals surface area (Å²) in [4.78, 5) is 19.6. The molecule has 0 bridgehead atoms. The normalized spacial score (nSPS) is 13.9. The van der Waals surface area contributed by atoms with E-state index in [1.165, 1.54) is 11.1 Å². The van der Waals surface area contributed by atoms with E-state index in [-0.39, 0.29) is 12.5 Å². The summed E-state index contributed by atoms with van der Waals surface area (Å²) in [5.41, 5.74) is 7.72. The Morgan fingerprint density at radius 1 is 0.946 bits per heavy atom. The molecule has 0 saturated heterocycles. The van der Waals surface area contributed by atoms with Gasteiger partial charge >= 0.3 is 0 Å². The van der Waals surface area contributed by atoms with Crippen LogP contribution < -0.4 is 10.6 Å². The smallest absolute Gasteiger partial charge is 0.243 e. The predicted molar refractivity (Wildman–Crippen MR) is 153 cm³/mol. The molecule has 0 saturated carbocycles. The lowest BCUT2D eigenvalue weighted by molar-refractivity contribution is -0.114. The van der Waals surface area contributed by atoms with Crippen LogP contribution in [0.5, 0.6) is 0 Å². The predicted octanol–water partition coefficient (Wildman–Crippen LogP) is 5.96. The fraction of sp³-hybridized carbons (Fsp3) is 0.290. The monoisotopic (exact) mass is 493 g/mol. The SMILES string of the molecule is Cc1cc(NC(=O)CNc2ccccc2)cc2ncn(CCCCN3CC=C(c4ccccc4)CC3)c12. The van der Waals surface area contributed by atoms with Gasteiger partial charge in [-0.1, -0.05) is 54.6 Å². The molecule has 1 aliphatic rings. The van der Waals surface area contributed by atoms with E-state index in [4.69, 9.17) is 0 Å². The van der Waals surface area contributed by atoms with Crippen molar-refractivity contribution >= 4 is 33.9 Å². The molecule has 2 N–H and O–H groups in total. The lowest BCUT2D eigenvalue weighted by Crippen LogP contribution is -2.29. The van der Waals surface area contributed by atoms with Gasteiger partial charge in [-0.2, -0.15) is 0 Å². The molecule has 3 aromatic carbocycles. The number of aromatic nitrogens is 2. The number of fused-ring (bicyclic) bond motifs is 1. The molecule has 5 rings (SSSR count). The van der Waals surface area contributed by atoms with Crippen LogP contribution in [0.3, 0.4) is 0 Å². The Morgan fingerprint density at radius 3 is 2.46 bits per heavy atom. The van der Waals surface area contributed by atoms with Crippen molar-refractivity contribution in [2.24, 2.45) is 0 Å². The second-order valence-corrected chi connectivity index (χ2v) is 9.72. The average Bonchev–Trinajstić information content (AvgIpc) is 3.35. The molecule has 37 heavy (non-hydrogen) atoms. The van der Waals surface area contributed by atoms with Gasteiger partial charge in [0.2, 0.25) is 5.91 Å². The maximum Gasteiger partial charge on any atom is 0.243 e. The molecule has 0 spiro atoms. The molecular formula is C31H35N5O. The van der Waals surface area contributed by atoms with Gasteiger partial charge in [0.15, 0.2) is 0 Å². The lowest BCUT2D eigenvalue weighted by Gasteiger charge is -2.26. The number of nitrogens with zero attached hydrogens (tertiary/aromatic N) is 3. The van der Waals surface area contributed by atoms with Crippen LogP contribution in [0, 0.1) is 6.92 Å². The molecular weight excluding hydrogens is 458 g/mol. The summed E-state index contributed by atoms with van der Waals surface area (Å²) in [7, 11) is 0. The zero-order valence-corrected chi connectivity index (χ0v) is 21.5. The van der Waals surface area contributed by atoms with Gasteiger partial charge in [0.1, 0.15) is 0 Å². The molecule has 0 unspecified atom stereocenters. The number of anilines is 2. The average molecular weight is 494 g/mol. The number of carbonyl (C=O) groups is 1. The van der Waals surface area contributed by atoms with Crippen molar-refractivity contribution in [1.29, 1.82) is 0 Å². The van der Waals surface area contributed by atoms with Crippen LogP contribution in [0.25, 0.3) is 16.6 Å². The van der Waals surface area contributed by atoms with Crippen molar-refractivity contribution in [3.8, 4) is 0 Å². The van der Waals surface area contributed by atoms with Gasteiger partial charge in [0.25, 0.3) is 0 Å².